The van der Waals surface area contributed by atoms with Crippen LogP contribution in [0.25, 0.3) is 0 Å². The fourth-order valence-corrected chi connectivity index (χ4v) is 5.14. The lowest BCUT2D eigenvalue weighted by molar-refractivity contribution is -0.118. The van der Waals surface area contributed by atoms with Gasteiger partial charge in [-0.3, -0.25) is 4.79 Å². The first-order valence-corrected chi connectivity index (χ1v) is 12.2. The van der Waals surface area contributed by atoms with E-state index < -0.39 is 0 Å². The molecule has 156 valence electrons. The summed E-state index contributed by atoms with van der Waals surface area (Å²) in [7, 11) is 0. The van der Waals surface area contributed by atoms with Crippen LogP contribution in [0.4, 0.5) is 0 Å². The Labute approximate surface area is 192 Å². The molecular weight excluding hydrogens is 460 g/mol. The van der Waals surface area contributed by atoms with Crippen molar-refractivity contribution in [2.24, 2.45) is 5.10 Å². The molecule has 2 aromatic carbocycles. The van der Waals surface area contributed by atoms with Crippen molar-refractivity contribution in [2.45, 2.75) is 21.4 Å². The summed E-state index contributed by atoms with van der Waals surface area (Å²) in [6.07, 6.45) is 1.57. The zero-order valence-corrected chi connectivity index (χ0v) is 19.3. The molecule has 0 saturated carbocycles. The van der Waals surface area contributed by atoms with Gasteiger partial charge in [0.2, 0.25) is 0 Å². The van der Waals surface area contributed by atoms with E-state index in [1.165, 1.54) is 23.1 Å². The van der Waals surface area contributed by atoms with Gasteiger partial charge in [0.25, 0.3) is 5.91 Å². The van der Waals surface area contributed by atoms with E-state index in [0.717, 1.165) is 36.3 Å². The fourth-order valence-electron chi connectivity index (χ4n) is 2.25. The van der Waals surface area contributed by atoms with Gasteiger partial charge in [0.1, 0.15) is 5.75 Å². The molecule has 1 heterocycles. The molecule has 0 aliphatic carbocycles. The lowest BCUT2D eigenvalue weighted by atomic mass is 10.2. The van der Waals surface area contributed by atoms with Gasteiger partial charge in [0, 0.05) is 16.3 Å². The Balaban J connectivity index is 1.42. The van der Waals surface area contributed by atoms with Gasteiger partial charge in [-0.1, -0.05) is 70.7 Å². The minimum absolute atomic E-state index is 0.209. The SMILES string of the molecule is CCOc1ccccc1/C=N\NC(=O)CSc1nnc(SCc2ccc(Cl)cc2)s1. The molecule has 6 nitrogen and oxygen atoms in total. The number of halogens is 1. The van der Waals surface area contributed by atoms with Crippen LogP contribution in [0.5, 0.6) is 5.75 Å². The molecule has 0 unspecified atom stereocenters. The molecule has 0 spiro atoms. The maximum absolute atomic E-state index is 12.0. The Morgan fingerprint density at radius 1 is 1.17 bits per heavy atom. The average Bonchev–Trinajstić information content (AvgIpc) is 3.21. The van der Waals surface area contributed by atoms with Crippen LogP contribution < -0.4 is 10.2 Å². The Morgan fingerprint density at radius 3 is 2.67 bits per heavy atom. The minimum atomic E-state index is -0.212. The van der Waals surface area contributed by atoms with Crippen molar-refractivity contribution < 1.29 is 9.53 Å². The fraction of sp³-hybridized carbons (Fsp3) is 0.200. The maximum Gasteiger partial charge on any atom is 0.250 e. The zero-order chi connectivity index (χ0) is 21.2. The summed E-state index contributed by atoms with van der Waals surface area (Å²) in [5.41, 5.74) is 4.49. The van der Waals surface area contributed by atoms with Gasteiger partial charge in [-0.25, -0.2) is 5.43 Å². The highest BCUT2D eigenvalue weighted by Gasteiger charge is 2.09. The van der Waals surface area contributed by atoms with Crippen LogP contribution in [0.2, 0.25) is 5.02 Å². The number of aromatic nitrogens is 2. The molecule has 0 aliphatic rings. The van der Waals surface area contributed by atoms with Crippen molar-refractivity contribution >= 4 is 58.6 Å². The van der Waals surface area contributed by atoms with Crippen LogP contribution in [0.15, 0.2) is 62.3 Å². The van der Waals surface area contributed by atoms with Gasteiger partial charge in [0.05, 0.1) is 18.6 Å². The van der Waals surface area contributed by atoms with Crippen LogP contribution in [-0.4, -0.2) is 34.7 Å². The highest BCUT2D eigenvalue weighted by Crippen LogP contribution is 2.30. The number of para-hydroxylation sites is 1. The topological polar surface area (TPSA) is 76.5 Å². The minimum Gasteiger partial charge on any atom is -0.493 e. The van der Waals surface area contributed by atoms with Crippen molar-refractivity contribution in [3.05, 3.63) is 64.7 Å². The standard InChI is InChI=1S/C20H19ClN4O2S3/c1-2-27-17-6-4-3-5-15(17)11-22-23-18(26)13-29-20-25-24-19(30-20)28-12-14-7-9-16(21)10-8-14/h3-11H,2,12-13H2,1H3,(H,23,26)/b22-11-. The average molecular weight is 479 g/mol. The molecule has 1 N–H and O–H groups in total. The Morgan fingerprint density at radius 2 is 1.90 bits per heavy atom. The number of ether oxygens (including phenoxy) is 1. The summed E-state index contributed by atoms with van der Waals surface area (Å²) in [5.74, 6) is 1.51. The molecule has 0 bridgehead atoms. The van der Waals surface area contributed by atoms with Crippen molar-refractivity contribution in [1.29, 1.82) is 0 Å². The molecule has 1 amide bonds. The van der Waals surface area contributed by atoms with E-state index in [4.69, 9.17) is 16.3 Å². The molecule has 30 heavy (non-hydrogen) atoms. The summed E-state index contributed by atoms with van der Waals surface area (Å²) in [6.45, 7) is 2.48. The molecule has 0 fully saturated rings. The highest BCUT2D eigenvalue weighted by molar-refractivity contribution is 8.03. The normalized spacial score (nSPS) is 11.0. The molecule has 0 atom stereocenters. The number of thioether (sulfide) groups is 2. The number of hydrogen-bond acceptors (Lipinski definition) is 8. The predicted octanol–water partition coefficient (Wildman–Crippen LogP) is 5.12. The van der Waals surface area contributed by atoms with Gasteiger partial charge in [0.15, 0.2) is 8.68 Å². The predicted molar refractivity (Wildman–Crippen MR) is 125 cm³/mol. The number of amides is 1. The van der Waals surface area contributed by atoms with E-state index in [0.29, 0.717) is 6.61 Å². The third kappa shape index (κ3) is 7.32. The third-order valence-electron chi connectivity index (χ3n) is 3.60. The molecule has 3 rings (SSSR count). The van der Waals surface area contributed by atoms with Crippen LogP contribution in [-0.2, 0) is 10.5 Å². The van der Waals surface area contributed by atoms with Crippen LogP contribution >= 0.6 is 46.5 Å². The van der Waals surface area contributed by atoms with Gasteiger partial charge >= 0.3 is 0 Å². The van der Waals surface area contributed by atoms with Gasteiger partial charge < -0.3 is 4.74 Å². The summed E-state index contributed by atoms with van der Waals surface area (Å²) in [6, 6.07) is 15.2. The maximum atomic E-state index is 12.0. The van der Waals surface area contributed by atoms with E-state index in [9.17, 15) is 4.79 Å². The Kier molecular flexibility index (Phi) is 9.00. The van der Waals surface area contributed by atoms with Crippen molar-refractivity contribution in [3.63, 3.8) is 0 Å². The van der Waals surface area contributed by atoms with Crippen molar-refractivity contribution in [3.8, 4) is 5.75 Å². The van der Waals surface area contributed by atoms with Crippen LogP contribution in [0.1, 0.15) is 18.1 Å². The molecule has 0 radical (unpaired) electrons. The lowest BCUT2D eigenvalue weighted by Crippen LogP contribution is -2.19. The first-order valence-electron chi connectivity index (χ1n) is 9.01. The smallest absolute Gasteiger partial charge is 0.250 e. The monoisotopic (exact) mass is 478 g/mol. The van der Waals surface area contributed by atoms with Gasteiger partial charge in [-0.05, 0) is 36.8 Å². The van der Waals surface area contributed by atoms with E-state index in [1.54, 1.807) is 18.0 Å². The number of rotatable bonds is 10. The first-order chi connectivity index (χ1) is 14.6. The number of benzene rings is 2. The second kappa shape index (κ2) is 11.9. The zero-order valence-electron chi connectivity index (χ0n) is 16.1. The second-order valence-electron chi connectivity index (χ2n) is 5.80. The number of hydrazone groups is 1. The van der Waals surface area contributed by atoms with Gasteiger partial charge in [-0.2, -0.15) is 5.10 Å². The molecular formula is C20H19ClN4O2S3. The summed E-state index contributed by atoms with van der Waals surface area (Å²) < 4.78 is 7.13. The van der Waals surface area contributed by atoms with E-state index in [2.05, 4.69) is 20.7 Å². The highest BCUT2D eigenvalue weighted by atomic mass is 35.5. The molecule has 10 heteroatoms. The molecule has 0 aliphatic heterocycles. The van der Waals surface area contributed by atoms with Crippen LogP contribution in [0, 0.1) is 0 Å². The van der Waals surface area contributed by atoms with Crippen molar-refractivity contribution in [1.82, 2.24) is 15.6 Å². The Hall–Kier alpha value is -2.07. The number of hydrogen-bond donors (Lipinski definition) is 1. The summed E-state index contributed by atoms with van der Waals surface area (Å²) >= 11 is 10.3. The number of nitrogens with zero attached hydrogens (tertiary/aromatic N) is 3. The number of carbonyl (C=O) groups is 1. The Bertz CT molecular complexity index is 996. The van der Waals surface area contributed by atoms with E-state index in [-0.39, 0.29) is 11.7 Å². The number of nitrogens with one attached hydrogen (secondary N) is 1. The second-order valence-corrected chi connectivity index (χ2v) is 9.66. The first kappa shape index (κ1) is 22.6. The lowest BCUT2D eigenvalue weighted by Gasteiger charge is -2.05. The third-order valence-corrected chi connectivity index (χ3v) is 7.11. The van der Waals surface area contributed by atoms with Crippen molar-refractivity contribution in [2.75, 3.05) is 12.4 Å². The van der Waals surface area contributed by atoms with E-state index >= 15 is 0 Å². The van der Waals surface area contributed by atoms with Crippen LogP contribution in [0.3, 0.4) is 0 Å². The summed E-state index contributed by atoms with van der Waals surface area (Å²) in [5, 5.41) is 13.0. The molecule has 0 saturated heterocycles. The quantitative estimate of drug-likeness (QED) is 0.247. The van der Waals surface area contributed by atoms with E-state index in [1.807, 2.05) is 55.5 Å². The summed E-state index contributed by atoms with van der Waals surface area (Å²) in [4.78, 5) is 12.0. The molecule has 3 aromatic rings. The largest absolute Gasteiger partial charge is 0.493 e. The number of carbonyl (C=O) groups excluding carboxylic acids is 1. The van der Waals surface area contributed by atoms with Gasteiger partial charge in [-0.15, -0.1) is 10.2 Å². The molecule has 1 aromatic heterocycles.